The van der Waals surface area contributed by atoms with Crippen molar-refractivity contribution in [2.45, 2.75) is 0 Å². The van der Waals surface area contributed by atoms with Gasteiger partial charge in [0.25, 0.3) is 0 Å². The molecule has 0 aliphatic carbocycles. The van der Waals surface area contributed by atoms with E-state index in [9.17, 15) is 0 Å². The Morgan fingerprint density at radius 2 is 0.696 bits per heavy atom. The van der Waals surface area contributed by atoms with Crippen LogP contribution in [0.4, 0.5) is 0 Å². The Morgan fingerprint density at radius 1 is 0.217 bits per heavy atom. The van der Waals surface area contributed by atoms with Crippen LogP contribution in [-0.2, 0) is 0 Å². The molecule has 0 amide bonds. The first-order valence-electron chi connectivity index (χ1n) is 15.9. The maximum atomic E-state index is 2.39. The Morgan fingerprint density at radius 3 is 1.37 bits per heavy atom. The second-order valence-electron chi connectivity index (χ2n) is 12.1. The predicted octanol–water partition coefficient (Wildman–Crippen LogP) is 13.0. The molecule has 0 aliphatic rings. The van der Waals surface area contributed by atoms with Crippen LogP contribution < -0.4 is 0 Å². The Kier molecular flexibility index (Phi) is 6.25. The molecule has 9 rings (SSSR count). The van der Waals surface area contributed by atoms with Crippen LogP contribution in [0.3, 0.4) is 0 Å². The molecular weight excluding hydrogens is 553 g/mol. The van der Waals surface area contributed by atoms with Crippen LogP contribution in [0, 0.1) is 0 Å². The van der Waals surface area contributed by atoms with E-state index in [-0.39, 0.29) is 0 Å². The summed E-state index contributed by atoms with van der Waals surface area (Å²) in [6, 6.07) is 66.5. The first-order chi connectivity index (χ1) is 22.8. The second-order valence-corrected chi connectivity index (χ2v) is 12.1. The van der Waals surface area contributed by atoms with E-state index < -0.39 is 0 Å². The van der Waals surface area contributed by atoms with E-state index in [2.05, 4.69) is 182 Å². The third kappa shape index (κ3) is 4.30. The fraction of sp³-hybridized carbons (Fsp3) is 0. The summed E-state index contributed by atoms with van der Waals surface area (Å²) in [6.45, 7) is 0. The van der Waals surface area contributed by atoms with Gasteiger partial charge in [0.15, 0.2) is 0 Å². The van der Waals surface area contributed by atoms with Gasteiger partial charge in [0.05, 0.1) is 0 Å². The van der Waals surface area contributed by atoms with Gasteiger partial charge in [-0.3, -0.25) is 0 Å². The third-order valence-electron chi connectivity index (χ3n) is 9.42. The van der Waals surface area contributed by atoms with Crippen molar-refractivity contribution in [2.24, 2.45) is 0 Å². The van der Waals surface area contributed by atoms with Gasteiger partial charge >= 0.3 is 0 Å². The largest absolute Gasteiger partial charge is 0.0622 e. The number of fused-ring (bicyclic) bond motifs is 4. The van der Waals surface area contributed by atoms with Crippen molar-refractivity contribution < 1.29 is 0 Å². The van der Waals surface area contributed by atoms with Crippen molar-refractivity contribution in [2.75, 3.05) is 0 Å². The summed E-state index contributed by atoms with van der Waals surface area (Å²) in [4.78, 5) is 0. The highest BCUT2D eigenvalue weighted by molar-refractivity contribution is 6.22. The molecule has 0 unspecified atom stereocenters. The molecule has 46 heavy (non-hydrogen) atoms. The van der Waals surface area contributed by atoms with Gasteiger partial charge in [-0.1, -0.05) is 170 Å². The van der Waals surface area contributed by atoms with Gasteiger partial charge < -0.3 is 0 Å². The van der Waals surface area contributed by atoms with Gasteiger partial charge in [-0.25, -0.2) is 0 Å². The van der Waals surface area contributed by atoms with Crippen molar-refractivity contribution in [3.8, 4) is 44.5 Å². The van der Waals surface area contributed by atoms with E-state index in [0.717, 1.165) is 0 Å². The molecule has 0 atom stereocenters. The molecule has 214 valence electrons. The van der Waals surface area contributed by atoms with Crippen LogP contribution in [0.5, 0.6) is 0 Å². The Balaban J connectivity index is 1.31. The normalized spacial score (nSPS) is 11.5. The number of rotatable bonds is 4. The first kappa shape index (κ1) is 26.4. The summed E-state index contributed by atoms with van der Waals surface area (Å²) in [5, 5.41) is 10.1. The van der Waals surface area contributed by atoms with Gasteiger partial charge in [0.2, 0.25) is 0 Å². The summed E-state index contributed by atoms with van der Waals surface area (Å²) in [5.41, 5.74) is 10.0. The van der Waals surface area contributed by atoms with Crippen molar-refractivity contribution in [3.63, 3.8) is 0 Å². The van der Waals surface area contributed by atoms with Crippen LogP contribution in [0.1, 0.15) is 0 Å². The SMILES string of the molecule is c1ccc(-c2c(-c3cccc(-c4c5ccccc5c(-c5ccc6ccccc6c5)c5ccccc45)c3)ccc3ccccc23)cc1. The van der Waals surface area contributed by atoms with E-state index in [1.165, 1.54) is 87.6 Å². The van der Waals surface area contributed by atoms with Crippen LogP contribution in [0.25, 0.3) is 87.6 Å². The summed E-state index contributed by atoms with van der Waals surface area (Å²) >= 11 is 0. The van der Waals surface area contributed by atoms with Crippen molar-refractivity contribution >= 4 is 43.1 Å². The van der Waals surface area contributed by atoms with E-state index in [1.54, 1.807) is 0 Å². The van der Waals surface area contributed by atoms with Gasteiger partial charge in [-0.05, 0) is 99.7 Å². The van der Waals surface area contributed by atoms with Gasteiger partial charge in [-0.2, -0.15) is 0 Å². The quantitative estimate of drug-likeness (QED) is 0.181. The molecule has 0 heteroatoms. The Labute approximate surface area is 268 Å². The average Bonchev–Trinajstić information content (AvgIpc) is 3.13. The molecule has 0 bridgehead atoms. The lowest BCUT2D eigenvalue weighted by Crippen LogP contribution is -1.92. The molecule has 0 saturated heterocycles. The summed E-state index contributed by atoms with van der Waals surface area (Å²) < 4.78 is 0. The lowest BCUT2D eigenvalue weighted by molar-refractivity contribution is 1.60. The van der Waals surface area contributed by atoms with Crippen LogP contribution in [0.15, 0.2) is 182 Å². The zero-order valence-electron chi connectivity index (χ0n) is 25.3. The fourth-order valence-corrected chi connectivity index (χ4v) is 7.37. The highest BCUT2D eigenvalue weighted by atomic mass is 14.2. The average molecular weight is 583 g/mol. The molecule has 0 fully saturated rings. The zero-order chi connectivity index (χ0) is 30.5. The second kappa shape index (κ2) is 10.9. The third-order valence-corrected chi connectivity index (χ3v) is 9.42. The van der Waals surface area contributed by atoms with Gasteiger partial charge in [-0.15, -0.1) is 0 Å². The zero-order valence-corrected chi connectivity index (χ0v) is 25.3. The van der Waals surface area contributed by atoms with E-state index in [1.807, 2.05) is 0 Å². The molecule has 0 radical (unpaired) electrons. The molecule has 0 heterocycles. The van der Waals surface area contributed by atoms with Crippen molar-refractivity contribution in [3.05, 3.63) is 182 Å². The molecule has 0 spiro atoms. The molecule has 0 aliphatic heterocycles. The van der Waals surface area contributed by atoms with Crippen molar-refractivity contribution in [1.82, 2.24) is 0 Å². The minimum atomic E-state index is 1.22. The summed E-state index contributed by atoms with van der Waals surface area (Å²) in [5.74, 6) is 0. The smallest absolute Gasteiger partial charge is 0.00262 e. The standard InChI is InChI=1S/C46H30/c1-2-15-33(16-3-1)44-38-20-7-6-14-32(38)27-28-39(44)35-18-12-19-36(30-35)45-40-21-8-10-23-42(40)46(43-24-11-9-22-41(43)45)37-26-25-31-13-4-5-17-34(31)29-37/h1-30H. The van der Waals surface area contributed by atoms with Crippen molar-refractivity contribution in [1.29, 1.82) is 0 Å². The van der Waals surface area contributed by atoms with Crippen LogP contribution in [-0.4, -0.2) is 0 Å². The van der Waals surface area contributed by atoms with E-state index in [4.69, 9.17) is 0 Å². The monoisotopic (exact) mass is 582 g/mol. The minimum Gasteiger partial charge on any atom is -0.0622 e. The number of benzene rings is 9. The number of hydrogen-bond donors (Lipinski definition) is 0. The molecular formula is C46H30. The minimum absolute atomic E-state index is 1.22. The molecule has 9 aromatic carbocycles. The summed E-state index contributed by atoms with van der Waals surface area (Å²) in [6.07, 6.45) is 0. The fourth-order valence-electron chi connectivity index (χ4n) is 7.37. The molecule has 0 nitrogen and oxygen atoms in total. The highest BCUT2D eigenvalue weighted by Gasteiger charge is 2.18. The van der Waals surface area contributed by atoms with Crippen LogP contribution in [0.2, 0.25) is 0 Å². The summed E-state index contributed by atoms with van der Waals surface area (Å²) in [7, 11) is 0. The number of hydrogen-bond acceptors (Lipinski definition) is 0. The molecule has 0 aromatic heterocycles. The molecule has 0 N–H and O–H groups in total. The maximum absolute atomic E-state index is 2.39. The highest BCUT2D eigenvalue weighted by Crippen LogP contribution is 2.45. The Bertz CT molecular complexity index is 2520. The topological polar surface area (TPSA) is 0 Å². The van der Waals surface area contributed by atoms with E-state index >= 15 is 0 Å². The maximum Gasteiger partial charge on any atom is -0.00262 e. The lowest BCUT2D eigenvalue weighted by Gasteiger charge is -2.19. The molecule has 0 saturated carbocycles. The van der Waals surface area contributed by atoms with E-state index in [0.29, 0.717) is 0 Å². The van der Waals surface area contributed by atoms with Gasteiger partial charge in [0.1, 0.15) is 0 Å². The predicted molar refractivity (Wildman–Crippen MR) is 198 cm³/mol. The van der Waals surface area contributed by atoms with Crippen LogP contribution >= 0.6 is 0 Å². The lowest BCUT2D eigenvalue weighted by atomic mass is 9.84. The van der Waals surface area contributed by atoms with Gasteiger partial charge in [0, 0.05) is 0 Å². The first-order valence-corrected chi connectivity index (χ1v) is 15.9. The molecule has 9 aromatic rings. The Hall–Kier alpha value is -5.98.